The Bertz CT molecular complexity index is 1150. The fourth-order valence-electron chi connectivity index (χ4n) is 4.13. The first-order valence-corrected chi connectivity index (χ1v) is 13.3. The Morgan fingerprint density at radius 3 is 2.18 bits per heavy atom. The minimum atomic E-state index is -3.74. The lowest BCUT2D eigenvalue weighted by Crippen LogP contribution is -2.45. The molecule has 8 heteroatoms. The van der Waals surface area contributed by atoms with E-state index in [0.717, 1.165) is 31.2 Å². The molecule has 0 unspecified atom stereocenters. The third-order valence-corrected chi connectivity index (χ3v) is 7.82. The van der Waals surface area contributed by atoms with E-state index in [1.807, 2.05) is 12.1 Å². The van der Waals surface area contributed by atoms with Crippen LogP contribution in [-0.4, -0.2) is 44.3 Å². The number of anilines is 1. The third-order valence-electron chi connectivity index (χ3n) is 6.42. The smallest absolute Gasteiger partial charge is 0.261 e. The van der Waals surface area contributed by atoms with E-state index in [1.165, 1.54) is 0 Å². The summed E-state index contributed by atoms with van der Waals surface area (Å²) in [6, 6.07) is 13.6. The number of sulfonamides is 1. The van der Waals surface area contributed by atoms with Gasteiger partial charge in [0.05, 0.1) is 10.8 Å². The van der Waals surface area contributed by atoms with Gasteiger partial charge in [-0.15, -0.1) is 0 Å². The topological polar surface area (TPSA) is 95.6 Å². The van der Waals surface area contributed by atoms with Crippen molar-refractivity contribution in [1.29, 1.82) is 0 Å². The molecule has 0 radical (unpaired) electrons. The van der Waals surface area contributed by atoms with Gasteiger partial charge in [0, 0.05) is 30.4 Å². The van der Waals surface area contributed by atoms with Crippen molar-refractivity contribution in [3.05, 3.63) is 59.7 Å². The molecule has 2 aromatic rings. The van der Waals surface area contributed by atoms with E-state index in [9.17, 15) is 18.0 Å². The van der Waals surface area contributed by atoms with Gasteiger partial charge in [-0.3, -0.25) is 14.3 Å². The molecule has 1 aliphatic carbocycles. The first kappa shape index (κ1) is 24.3. The fraction of sp³-hybridized carbons (Fsp3) is 0.462. The molecule has 1 atom stereocenters. The van der Waals surface area contributed by atoms with Crippen molar-refractivity contribution in [2.24, 2.45) is 5.92 Å². The second kappa shape index (κ2) is 9.41. The number of hydrogen-bond acceptors (Lipinski definition) is 4. The van der Waals surface area contributed by atoms with Crippen molar-refractivity contribution in [3.8, 4) is 0 Å². The number of carbonyl (C=O) groups is 2. The Morgan fingerprint density at radius 2 is 1.59 bits per heavy atom. The van der Waals surface area contributed by atoms with E-state index in [-0.39, 0.29) is 28.0 Å². The van der Waals surface area contributed by atoms with Gasteiger partial charge < -0.3 is 10.2 Å². The van der Waals surface area contributed by atoms with Crippen LogP contribution in [0.2, 0.25) is 0 Å². The number of rotatable bonds is 6. The quantitative estimate of drug-likeness (QED) is 0.651. The fourth-order valence-corrected chi connectivity index (χ4v) is 5.19. The molecule has 0 spiro atoms. The van der Waals surface area contributed by atoms with Gasteiger partial charge in [-0.25, -0.2) is 8.42 Å². The summed E-state index contributed by atoms with van der Waals surface area (Å²) in [6.07, 6.45) is 3.67. The summed E-state index contributed by atoms with van der Waals surface area (Å²) in [7, 11) is -3.74. The lowest BCUT2D eigenvalue weighted by atomic mass is 9.87. The largest absolute Gasteiger partial charge is 0.353 e. The molecule has 2 fully saturated rings. The molecule has 34 heavy (non-hydrogen) atoms. The van der Waals surface area contributed by atoms with Gasteiger partial charge in [-0.2, -0.15) is 0 Å². The number of piperidine rings is 1. The van der Waals surface area contributed by atoms with Crippen LogP contribution in [0.1, 0.15) is 62.4 Å². The Balaban J connectivity index is 1.39. The summed E-state index contributed by atoms with van der Waals surface area (Å²) in [5.74, 6) is -0.273. The number of nitrogens with one attached hydrogen (secondary N) is 2. The van der Waals surface area contributed by atoms with Crippen LogP contribution in [0, 0.1) is 5.92 Å². The van der Waals surface area contributed by atoms with Gasteiger partial charge in [0.15, 0.2) is 0 Å². The molecular formula is C26H33N3O4S. The lowest BCUT2D eigenvalue weighted by molar-refractivity contribution is -0.126. The molecule has 1 saturated heterocycles. The SMILES string of the molecule is CC(C)(C)c1ccc(S(=O)(=O)Nc2ccc(C(=O)N3CCC[C@@H](C(=O)NC4CC4)C3)cc2)cc1. The Morgan fingerprint density at radius 1 is 0.941 bits per heavy atom. The Hall–Kier alpha value is -2.87. The average molecular weight is 484 g/mol. The van der Waals surface area contributed by atoms with Gasteiger partial charge in [0.1, 0.15) is 0 Å². The minimum absolute atomic E-state index is 0.0419. The van der Waals surface area contributed by atoms with Gasteiger partial charge in [-0.05, 0) is 73.1 Å². The van der Waals surface area contributed by atoms with Crippen molar-refractivity contribution in [3.63, 3.8) is 0 Å². The van der Waals surface area contributed by atoms with Gasteiger partial charge >= 0.3 is 0 Å². The van der Waals surface area contributed by atoms with Crippen molar-refractivity contribution in [1.82, 2.24) is 10.2 Å². The number of likely N-dealkylation sites (tertiary alicyclic amines) is 1. The number of amides is 2. The molecule has 2 aromatic carbocycles. The number of hydrogen-bond donors (Lipinski definition) is 2. The summed E-state index contributed by atoms with van der Waals surface area (Å²) < 4.78 is 28.1. The molecule has 182 valence electrons. The molecule has 1 heterocycles. The van der Waals surface area contributed by atoms with Gasteiger partial charge in [0.2, 0.25) is 5.91 Å². The maximum atomic E-state index is 13.0. The van der Waals surface area contributed by atoms with Crippen molar-refractivity contribution in [2.45, 2.75) is 62.8 Å². The summed E-state index contributed by atoms with van der Waals surface area (Å²) in [5.41, 5.74) is 1.85. The van der Waals surface area contributed by atoms with E-state index >= 15 is 0 Å². The monoisotopic (exact) mass is 483 g/mol. The van der Waals surface area contributed by atoms with Crippen LogP contribution in [0.15, 0.2) is 53.4 Å². The normalized spacial score (nSPS) is 18.9. The van der Waals surface area contributed by atoms with Crippen LogP contribution >= 0.6 is 0 Å². The van der Waals surface area contributed by atoms with Crippen LogP contribution in [0.3, 0.4) is 0 Å². The summed E-state index contributed by atoms with van der Waals surface area (Å²) in [5, 5.41) is 3.03. The van der Waals surface area contributed by atoms with E-state index in [2.05, 4.69) is 30.8 Å². The van der Waals surface area contributed by atoms with Crippen molar-refractivity contribution < 1.29 is 18.0 Å². The highest BCUT2D eigenvalue weighted by Gasteiger charge is 2.32. The average Bonchev–Trinajstić information content (AvgIpc) is 3.62. The predicted molar refractivity (Wildman–Crippen MR) is 132 cm³/mol. The maximum absolute atomic E-state index is 13.0. The highest BCUT2D eigenvalue weighted by molar-refractivity contribution is 7.92. The second-order valence-electron chi connectivity index (χ2n) is 10.3. The molecule has 2 N–H and O–H groups in total. The number of carbonyl (C=O) groups excluding carboxylic acids is 2. The molecule has 0 aromatic heterocycles. The first-order chi connectivity index (χ1) is 16.0. The number of nitrogens with zero attached hydrogens (tertiary/aromatic N) is 1. The molecule has 4 rings (SSSR count). The molecule has 7 nitrogen and oxygen atoms in total. The van der Waals surface area contributed by atoms with Crippen LogP contribution in [0.4, 0.5) is 5.69 Å². The zero-order valence-corrected chi connectivity index (χ0v) is 20.8. The molecule has 1 saturated carbocycles. The summed E-state index contributed by atoms with van der Waals surface area (Å²) in [6.45, 7) is 7.25. The zero-order valence-electron chi connectivity index (χ0n) is 20.0. The van der Waals surface area contributed by atoms with E-state index in [0.29, 0.717) is 30.4 Å². The Labute approximate surface area is 202 Å². The van der Waals surface area contributed by atoms with Crippen LogP contribution in [0.25, 0.3) is 0 Å². The van der Waals surface area contributed by atoms with Crippen LogP contribution < -0.4 is 10.0 Å². The van der Waals surface area contributed by atoms with E-state index < -0.39 is 10.0 Å². The third kappa shape index (κ3) is 5.78. The number of benzene rings is 2. The molecule has 2 amide bonds. The van der Waals surface area contributed by atoms with Crippen LogP contribution in [0.5, 0.6) is 0 Å². The molecule has 1 aliphatic heterocycles. The molecular weight excluding hydrogens is 450 g/mol. The van der Waals surface area contributed by atoms with Gasteiger partial charge in [-0.1, -0.05) is 32.9 Å². The highest BCUT2D eigenvalue weighted by Crippen LogP contribution is 2.25. The van der Waals surface area contributed by atoms with E-state index in [1.54, 1.807) is 41.3 Å². The summed E-state index contributed by atoms with van der Waals surface area (Å²) in [4.78, 5) is 27.3. The second-order valence-corrected chi connectivity index (χ2v) is 12.0. The van der Waals surface area contributed by atoms with Crippen LogP contribution in [-0.2, 0) is 20.2 Å². The minimum Gasteiger partial charge on any atom is -0.353 e. The Kier molecular flexibility index (Phi) is 6.71. The zero-order chi connectivity index (χ0) is 24.5. The molecule has 2 aliphatic rings. The van der Waals surface area contributed by atoms with Gasteiger partial charge in [0.25, 0.3) is 15.9 Å². The lowest BCUT2D eigenvalue weighted by Gasteiger charge is -2.32. The van der Waals surface area contributed by atoms with E-state index in [4.69, 9.17) is 0 Å². The maximum Gasteiger partial charge on any atom is 0.261 e. The standard InChI is InChI=1S/C26H33N3O4S/c1-26(2,3)20-8-14-23(15-9-20)34(32,33)28-22-10-6-18(7-11-22)25(31)29-16-4-5-19(17-29)24(30)27-21-12-13-21/h6-11,14-15,19,21,28H,4-5,12-13,16-17H2,1-3H3,(H,27,30)/t19-/m1/s1. The van der Waals surface area contributed by atoms with Crippen molar-refractivity contribution >= 4 is 27.5 Å². The summed E-state index contributed by atoms with van der Waals surface area (Å²) >= 11 is 0. The molecule has 0 bridgehead atoms. The first-order valence-electron chi connectivity index (χ1n) is 11.9. The predicted octanol–water partition coefficient (Wildman–Crippen LogP) is 3.92. The highest BCUT2D eigenvalue weighted by atomic mass is 32.2. The van der Waals surface area contributed by atoms with Crippen molar-refractivity contribution in [2.75, 3.05) is 17.8 Å².